The first-order valence-electron chi connectivity index (χ1n) is 12.9. The summed E-state index contributed by atoms with van der Waals surface area (Å²) < 4.78 is 44.3. The monoisotopic (exact) mass is 495 g/mol. The number of hydrogen-bond donors (Lipinski definition) is 1. The third-order valence-corrected chi connectivity index (χ3v) is 6.89. The van der Waals surface area contributed by atoms with Crippen molar-refractivity contribution in [2.45, 2.75) is 101 Å². The molecule has 0 aromatic carbocycles. The fourth-order valence-electron chi connectivity index (χ4n) is 5.03. The number of hydrogen-bond acceptors (Lipinski definition) is 10. The number of nitrogen functional groups attached to an aromatic ring is 1. The zero-order valence-electron chi connectivity index (χ0n) is 20.1. The van der Waals surface area contributed by atoms with Gasteiger partial charge in [-0.1, -0.05) is 0 Å². The van der Waals surface area contributed by atoms with Crippen LogP contribution >= 0.6 is 0 Å². The summed E-state index contributed by atoms with van der Waals surface area (Å²) in [6.45, 7) is 2.21. The highest BCUT2D eigenvalue weighted by Gasteiger charge is 2.50. The summed E-state index contributed by atoms with van der Waals surface area (Å²) in [6.07, 6.45) is 6.60. The average Bonchev–Trinajstić information content (AvgIpc) is 3.21. The molecule has 0 radical (unpaired) electrons. The zero-order valence-corrected chi connectivity index (χ0v) is 20.1. The third-order valence-electron chi connectivity index (χ3n) is 6.89. The van der Waals surface area contributed by atoms with E-state index in [1.54, 1.807) is 12.3 Å². The Balaban J connectivity index is 1.39. The molecule has 7 atom stereocenters. The summed E-state index contributed by atoms with van der Waals surface area (Å²) >= 11 is 0. The minimum absolute atomic E-state index is 0.148. The summed E-state index contributed by atoms with van der Waals surface area (Å²) in [5.41, 5.74) is 5.21. The van der Waals surface area contributed by atoms with Gasteiger partial charge in [0.1, 0.15) is 24.1 Å². The van der Waals surface area contributed by atoms with Crippen LogP contribution in [0, 0.1) is 0 Å². The number of ether oxygens (including phenoxy) is 7. The Morgan fingerprint density at radius 2 is 1.49 bits per heavy atom. The van der Waals surface area contributed by atoms with E-state index >= 15 is 0 Å². The summed E-state index contributed by atoms with van der Waals surface area (Å²) in [6, 6.07) is 1.57. The standard InChI is InChI=1S/C24H37N3O8/c25-17-10-11-27(24(28)26-17)23-22(35-20-9-3-6-14-31-20)21(34-19-8-2-5-13-30-19)16(33-23)15-32-18-7-1-4-12-29-18/h10-11,16,18-23H,1-9,12-15H2,(H2,25,26,28)/t16-,18+,19+,20+,21+,22+,23-/m0/s1. The number of aromatic nitrogens is 2. The molecule has 11 heteroatoms. The van der Waals surface area contributed by atoms with Crippen molar-refractivity contribution in [3.8, 4) is 0 Å². The molecule has 1 aromatic heterocycles. The van der Waals surface area contributed by atoms with E-state index in [-0.39, 0.29) is 25.0 Å². The third kappa shape index (κ3) is 6.40. The molecular weight excluding hydrogens is 458 g/mol. The maximum Gasteiger partial charge on any atom is 0.351 e. The molecule has 196 valence electrons. The van der Waals surface area contributed by atoms with E-state index in [1.807, 2.05) is 0 Å². The molecule has 0 unspecified atom stereocenters. The van der Waals surface area contributed by atoms with Crippen molar-refractivity contribution >= 4 is 5.82 Å². The first kappa shape index (κ1) is 25.1. The van der Waals surface area contributed by atoms with Gasteiger partial charge in [0.2, 0.25) is 0 Å². The number of nitrogens with zero attached hydrogens (tertiary/aromatic N) is 2. The van der Waals surface area contributed by atoms with E-state index in [1.165, 1.54) is 4.57 Å². The van der Waals surface area contributed by atoms with Gasteiger partial charge in [-0.05, 0) is 63.9 Å². The number of anilines is 1. The molecule has 11 nitrogen and oxygen atoms in total. The lowest BCUT2D eigenvalue weighted by atomic mass is 10.1. The zero-order chi connectivity index (χ0) is 24.0. The molecule has 0 saturated carbocycles. The topological polar surface area (TPSA) is 126 Å². The van der Waals surface area contributed by atoms with Crippen molar-refractivity contribution in [3.05, 3.63) is 22.7 Å². The Morgan fingerprint density at radius 3 is 2.06 bits per heavy atom. The van der Waals surface area contributed by atoms with E-state index in [0.29, 0.717) is 19.8 Å². The second kappa shape index (κ2) is 12.1. The molecule has 0 bridgehead atoms. The van der Waals surface area contributed by atoms with Gasteiger partial charge in [-0.25, -0.2) is 4.79 Å². The second-order valence-electron chi connectivity index (χ2n) is 9.53. The molecule has 2 N–H and O–H groups in total. The molecule has 5 rings (SSSR count). The van der Waals surface area contributed by atoms with Crippen LogP contribution in [0.4, 0.5) is 5.82 Å². The maximum absolute atomic E-state index is 12.8. The summed E-state index contributed by atoms with van der Waals surface area (Å²) in [7, 11) is 0. The summed E-state index contributed by atoms with van der Waals surface area (Å²) in [5.74, 6) is 0.148. The van der Waals surface area contributed by atoms with Crippen LogP contribution in [0.5, 0.6) is 0 Å². The van der Waals surface area contributed by atoms with Crippen LogP contribution in [-0.2, 0) is 33.2 Å². The molecule has 4 aliphatic rings. The van der Waals surface area contributed by atoms with Gasteiger partial charge < -0.3 is 38.9 Å². The number of nitrogens with two attached hydrogens (primary N) is 1. The molecule has 5 heterocycles. The fourth-order valence-corrected chi connectivity index (χ4v) is 5.03. The predicted octanol–water partition coefficient (Wildman–Crippen LogP) is 2.09. The highest BCUT2D eigenvalue weighted by Crippen LogP contribution is 2.37. The Bertz CT molecular complexity index is 851. The van der Waals surface area contributed by atoms with Crippen molar-refractivity contribution in [2.75, 3.05) is 32.2 Å². The van der Waals surface area contributed by atoms with E-state index in [2.05, 4.69) is 4.98 Å². The van der Waals surface area contributed by atoms with E-state index in [9.17, 15) is 4.79 Å². The Morgan fingerprint density at radius 1 is 0.886 bits per heavy atom. The van der Waals surface area contributed by atoms with Crippen LogP contribution in [0.15, 0.2) is 17.1 Å². The predicted molar refractivity (Wildman–Crippen MR) is 123 cm³/mol. The molecular formula is C24H37N3O8. The second-order valence-corrected chi connectivity index (χ2v) is 9.53. The van der Waals surface area contributed by atoms with Crippen molar-refractivity contribution in [1.29, 1.82) is 0 Å². The average molecular weight is 496 g/mol. The maximum atomic E-state index is 12.8. The van der Waals surface area contributed by atoms with Crippen LogP contribution < -0.4 is 11.4 Å². The van der Waals surface area contributed by atoms with Crippen molar-refractivity contribution in [3.63, 3.8) is 0 Å². The van der Waals surface area contributed by atoms with E-state index < -0.39 is 36.5 Å². The molecule has 0 amide bonds. The first-order chi connectivity index (χ1) is 17.2. The molecule has 35 heavy (non-hydrogen) atoms. The molecule has 0 aliphatic carbocycles. The largest absolute Gasteiger partial charge is 0.383 e. The highest BCUT2D eigenvalue weighted by molar-refractivity contribution is 5.23. The molecule has 0 spiro atoms. The minimum Gasteiger partial charge on any atom is -0.383 e. The van der Waals surface area contributed by atoms with Crippen molar-refractivity contribution in [1.82, 2.24) is 9.55 Å². The fraction of sp³-hybridized carbons (Fsp3) is 0.833. The van der Waals surface area contributed by atoms with Gasteiger partial charge in [0.25, 0.3) is 0 Å². The minimum atomic E-state index is -0.782. The SMILES string of the molecule is Nc1ccn([C@H]2O[C@@H](CO[C@@H]3CCCCO3)[C@@H](O[C@@H]3CCCCO3)[C@H]2O[C@@H]2CCCCO2)c(=O)n1. The lowest BCUT2D eigenvalue weighted by Crippen LogP contribution is -2.45. The van der Waals surface area contributed by atoms with Gasteiger partial charge >= 0.3 is 5.69 Å². The normalized spacial score (nSPS) is 36.3. The van der Waals surface area contributed by atoms with Gasteiger partial charge in [-0.2, -0.15) is 4.98 Å². The Kier molecular flexibility index (Phi) is 8.66. The first-order valence-corrected chi connectivity index (χ1v) is 12.9. The van der Waals surface area contributed by atoms with Gasteiger partial charge in [0, 0.05) is 26.0 Å². The summed E-state index contributed by atoms with van der Waals surface area (Å²) in [5, 5.41) is 0. The molecule has 4 fully saturated rings. The Labute approximate surface area is 205 Å². The van der Waals surface area contributed by atoms with Crippen LogP contribution in [-0.4, -0.2) is 73.2 Å². The molecule has 4 aliphatic heterocycles. The van der Waals surface area contributed by atoms with Crippen molar-refractivity contribution < 1.29 is 33.2 Å². The van der Waals surface area contributed by atoms with Gasteiger partial charge in [0.15, 0.2) is 25.1 Å². The van der Waals surface area contributed by atoms with Crippen LogP contribution in [0.25, 0.3) is 0 Å². The Hall–Kier alpha value is -1.60. The van der Waals surface area contributed by atoms with Crippen LogP contribution in [0.3, 0.4) is 0 Å². The quantitative estimate of drug-likeness (QED) is 0.573. The van der Waals surface area contributed by atoms with Gasteiger partial charge in [-0.15, -0.1) is 0 Å². The van der Waals surface area contributed by atoms with Crippen LogP contribution in [0.1, 0.15) is 64.0 Å². The summed E-state index contributed by atoms with van der Waals surface area (Å²) in [4.78, 5) is 16.6. The molecule has 4 saturated heterocycles. The van der Waals surface area contributed by atoms with Gasteiger partial charge in [0.05, 0.1) is 6.61 Å². The molecule has 1 aromatic rings. The van der Waals surface area contributed by atoms with E-state index in [4.69, 9.17) is 38.9 Å². The van der Waals surface area contributed by atoms with E-state index in [0.717, 1.165) is 57.8 Å². The van der Waals surface area contributed by atoms with Crippen LogP contribution in [0.2, 0.25) is 0 Å². The van der Waals surface area contributed by atoms with Gasteiger partial charge in [-0.3, -0.25) is 4.57 Å². The lowest BCUT2D eigenvalue weighted by molar-refractivity contribution is -0.251. The van der Waals surface area contributed by atoms with Crippen molar-refractivity contribution in [2.24, 2.45) is 0 Å². The lowest BCUT2D eigenvalue weighted by Gasteiger charge is -2.34. The highest BCUT2D eigenvalue weighted by atomic mass is 16.7. The smallest absolute Gasteiger partial charge is 0.351 e. The number of rotatable bonds is 8.